The number of fused-ring (bicyclic) bond motifs is 2. The Labute approximate surface area is 253 Å². The molecule has 4 fully saturated rings. The molecule has 5 rings (SSSR count). The third-order valence-electron chi connectivity index (χ3n) is 10.6. The number of halogens is 1. The van der Waals surface area contributed by atoms with Crippen LogP contribution >= 0.6 is 0 Å². The molecule has 2 amide bonds. The van der Waals surface area contributed by atoms with Gasteiger partial charge in [-0.1, -0.05) is 13.3 Å². The molecule has 0 aliphatic heterocycles. The zero-order chi connectivity index (χ0) is 30.8. The molecule has 2 N–H and O–H groups in total. The number of carbonyl (C=O) groups is 3. The number of nitriles is 1. The maximum Gasteiger partial charge on any atom is 0.313 e. The molecule has 43 heavy (non-hydrogen) atoms. The van der Waals surface area contributed by atoms with Gasteiger partial charge in [0.2, 0.25) is 5.91 Å². The predicted octanol–water partition coefficient (Wildman–Crippen LogP) is 5.07. The lowest BCUT2D eigenvalue weighted by Crippen LogP contribution is -2.51. The van der Waals surface area contributed by atoms with Crippen LogP contribution in [-0.4, -0.2) is 50.2 Å². The minimum Gasteiger partial charge on any atom is -0.496 e. The molecular formula is C33H44FN3O6. The van der Waals surface area contributed by atoms with Crippen LogP contribution in [-0.2, 0) is 14.3 Å². The molecule has 4 aliphatic carbocycles. The Hall–Kier alpha value is -3.35. The van der Waals surface area contributed by atoms with Crippen LogP contribution in [0, 0.1) is 45.7 Å². The summed E-state index contributed by atoms with van der Waals surface area (Å²) in [4.78, 5) is 39.6. The molecule has 4 atom stereocenters. The van der Waals surface area contributed by atoms with Gasteiger partial charge in [0.15, 0.2) is 11.6 Å². The van der Waals surface area contributed by atoms with Crippen LogP contribution in [0.25, 0.3) is 0 Å². The summed E-state index contributed by atoms with van der Waals surface area (Å²) in [5.41, 5.74) is -0.574. The summed E-state index contributed by atoms with van der Waals surface area (Å²) in [5, 5.41) is 15.6. The van der Waals surface area contributed by atoms with Crippen LogP contribution in [0.5, 0.6) is 11.5 Å². The summed E-state index contributed by atoms with van der Waals surface area (Å²) in [5.74, 6) is -1.27. The summed E-state index contributed by atoms with van der Waals surface area (Å²) >= 11 is 0. The number of carbonyl (C=O) groups excluding carboxylic acids is 3. The van der Waals surface area contributed by atoms with Gasteiger partial charge in [-0.15, -0.1) is 0 Å². The number of esters is 1. The fourth-order valence-electron chi connectivity index (χ4n) is 7.78. The minimum absolute atomic E-state index is 0.00769. The van der Waals surface area contributed by atoms with Gasteiger partial charge in [0, 0.05) is 18.7 Å². The van der Waals surface area contributed by atoms with Crippen molar-refractivity contribution in [1.29, 1.82) is 5.26 Å². The van der Waals surface area contributed by atoms with Crippen molar-refractivity contribution in [3.63, 3.8) is 0 Å². The van der Waals surface area contributed by atoms with E-state index in [1.807, 2.05) is 0 Å². The Morgan fingerprint density at radius 1 is 1.07 bits per heavy atom. The van der Waals surface area contributed by atoms with E-state index in [1.165, 1.54) is 19.6 Å². The van der Waals surface area contributed by atoms with Gasteiger partial charge in [0.25, 0.3) is 5.91 Å². The second-order valence-electron chi connectivity index (χ2n) is 13.4. The number of ether oxygens (including phenoxy) is 3. The highest BCUT2D eigenvalue weighted by Crippen LogP contribution is 2.49. The van der Waals surface area contributed by atoms with Crippen molar-refractivity contribution < 1.29 is 33.0 Å². The molecule has 0 unspecified atom stereocenters. The summed E-state index contributed by atoms with van der Waals surface area (Å²) in [6, 6.07) is 4.33. The second-order valence-corrected chi connectivity index (χ2v) is 13.4. The molecule has 0 aromatic heterocycles. The number of hydrogen-bond acceptors (Lipinski definition) is 7. The SMILES string of the molecule is CCOC(=O)C1(CC#N)CCC(Oc2cc(C(=O)N[C@@H]3[C@H]4CC[C@H](C4)[C@@H]3C(=O)NCC3(C)CCC3)c(OC)cc2F)CC1. The van der Waals surface area contributed by atoms with Gasteiger partial charge >= 0.3 is 5.97 Å². The lowest BCUT2D eigenvalue weighted by Gasteiger charge is -2.39. The van der Waals surface area contributed by atoms with Gasteiger partial charge in [0.05, 0.1) is 49.2 Å². The lowest BCUT2D eigenvalue weighted by molar-refractivity contribution is -0.158. The molecule has 10 heteroatoms. The first-order chi connectivity index (χ1) is 20.6. The second kappa shape index (κ2) is 12.7. The third-order valence-corrected chi connectivity index (χ3v) is 10.6. The molecule has 0 radical (unpaired) electrons. The van der Waals surface area contributed by atoms with Crippen LogP contribution in [0.15, 0.2) is 12.1 Å². The zero-order valence-corrected chi connectivity index (χ0v) is 25.5. The molecule has 0 saturated heterocycles. The Kier molecular flexibility index (Phi) is 9.19. The van der Waals surface area contributed by atoms with E-state index in [-0.39, 0.29) is 71.2 Å². The summed E-state index contributed by atoms with van der Waals surface area (Å²) in [6.45, 7) is 4.83. The largest absolute Gasteiger partial charge is 0.496 e. The van der Waals surface area contributed by atoms with Gasteiger partial charge in [-0.25, -0.2) is 4.39 Å². The minimum atomic E-state index is -0.882. The average Bonchev–Trinajstić information content (AvgIpc) is 3.59. The molecule has 4 saturated carbocycles. The Balaban J connectivity index is 1.27. The quantitative estimate of drug-likeness (QED) is 0.341. The van der Waals surface area contributed by atoms with Gasteiger partial charge in [-0.2, -0.15) is 5.26 Å². The van der Waals surface area contributed by atoms with Crippen LogP contribution < -0.4 is 20.1 Å². The van der Waals surface area contributed by atoms with Gasteiger partial charge in [0.1, 0.15) is 5.75 Å². The third kappa shape index (κ3) is 6.32. The van der Waals surface area contributed by atoms with E-state index in [9.17, 15) is 19.6 Å². The highest BCUT2D eigenvalue weighted by atomic mass is 19.1. The molecule has 4 aliphatic rings. The fourth-order valence-corrected chi connectivity index (χ4v) is 7.78. The average molecular weight is 598 g/mol. The van der Waals surface area contributed by atoms with Gasteiger partial charge < -0.3 is 24.8 Å². The normalized spacial score (nSPS) is 30.4. The van der Waals surface area contributed by atoms with Crippen molar-refractivity contribution in [1.82, 2.24) is 10.6 Å². The number of hydrogen-bond donors (Lipinski definition) is 2. The van der Waals surface area contributed by atoms with E-state index in [1.54, 1.807) is 6.92 Å². The molecule has 2 bridgehead atoms. The molecule has 9 nitrogen and oxygen atoms in total. The maximum atomic E-state index is 15.1. The molecular weight excluding hydrogens is 553 g/mol. The Bertz CT molecular complexity index is 1270. The van der Waals surface area contributed by atoms with E-state index in [0.29, 0.717) is 32.2 Å². The molecule has 0 heterocycles. The van der Waals surface area contributed by atoms with E-state index in [0.717, 1.165) is 38.2 Å². The maximum absolute atomic E-state index is 15.1. The summed E-state index contributed by atoms with van der Waals surface area (Å²) in [7, 11) is 1.38. The zero-order valence-electron chi connectivity index (χ0n) is 25.5. The molecule has 1 aromatic carbocycles. The highest BCUT2D eigenvalue weighted by Gasteiger charge is 2.52. The van der Waals surface area contributed by atoms with Crippen LogP contribution in [0.1, 0.15) is 94.8 Å². The molecule has 234 valence electrons. The van der Waals surface area contributed by atoms with Crippen molar-refractivity contribution in [2.75, 3.05) is 20.3 Å². The van der Waals surface area contributed by atoms with Crippen LogP contribution in [0.2, 0.25) is 0 Å². The van der Waals surface area contributed by atoms with Gasteiger partial charge in [-0.3, -0.25) is 14.4 Å². The van der Waals surface area contributed by atoms with Crippen LogP contribution in [0.3, 0.4) is 0 Å². The van der Waals surface area contributed by atoms with Gasteiger partial charge in [-0.05, 0) is 88.0 Å². The first kappa shape index (κ1) is 31.1. The lowest BCUT2D eigenvalue weighted by atomic mass is 9.70. The Morgan fingerprint density at radius 3 is 2.42 bits per heavy atom. The first-order valence-corrected chi connectivity index (χ1v) is 15.8. The number of amides is 2. The van der Waals surface area contributed by atoms with Crippen LogP contribution in [0.4, 0.5) is 4.39 Å². The number of methoxy groups -OCH3 is 1. The summed E-state index contributed by atoms with van der Waals surface area (Å²) < 4.78 is 31.8. The highest BCUT2D eigenvalue weighted by molar-refractivity contribution is 5.98. The van der Waals surface area contributed by atoms with E-state index < -0.39 is 23.2 Å². The predicted molar refractivity (Wildman–Crippen MR) is 156 cm³/mol. The number of nitrogens with zero attached hydrogens (tertiary/aromatic N) is 1. The first-order valence-electron chi connectivity index (χ1n) is 15.8. The van der Waals surface area contributed by atoms with E-state index in [4.69, 9.17) is 14.2 Å². The summed E-state index contributed by atoms with van der Waals surface area (Å²) in [6.07, 6.45) is 7.61. The fraction of sp³-hybridized carbons (Fsp3) is 0.697. The number of benzene rings is 1. The Morgan fingerprint density at radius 2 is 1.79 bits per heavy atom. The van der Waals surface area contributed by atoms with Crippen molar-refractivity contribution in [3.8, 4) is 17.6 Å². The smallest absolute Gasteiger partial charge is 0.313 e. The van der Waals surface area contributed by atoms with Crippen molar-refractivity contribution in [2.45, 2.75) is 96.6 Å². The molecule has 0 spiro atoms. The number of nitrogens with one attached hydrogen (secondary N) is 2. The van der Waals surface area contributed by atoms with E-state index in [2.05, 4.69) is 23.6 Å². The number of rotatable bonds is 11. The molecule has 1 aromatic rings. The van der Waals surface area contributed by atoms with Crippen molar-refractivity contribution in [3.05, 3.63) is 23.5 Å². The topological polar surface area (TPSA) is 127 Å². The standard InChI is InChI=1S/C33H44FN3O6/c1-4-42-31(40)33(14-15-35)12-8-22(9-13-33)43-26-17-23(25(41-3)18-24(26)34)29(38)37-28-21-7-6-20(16-21)27(28)30(39)36-19-32(2)10-5-11-32/h17-18,20-22,27-28H,4-14,16,19H2,1-3H3,(H,36,39)(H,37,38)/t20-,21+,22?,27+,28-,33?/m1/s1. The monoisotopic (exact) mass is 597 g/mol. The van der Waals surface area contributed by atoms with Crippen molar-refractivity contribution >= 4 is 17.8 Å². The van der Waals surface area contributed by atoms with Crippen molar-refractivity contribution in [2.24, 2.45) is 28.6 Å². The van der Waals surface area contributed by atoms with E-state index >= 15 is 4.39 Å².